The summed E-state index contributed by atoms with van der Waals surface area (Å²) in [5, 5.41) is 0. The van der Waals surface area contributed by atoms with Crippen molar-refractivity contribution in [2.24, 2.45) is 0 Å². The van der Waals surface area contributed by atoms with E-state index in [-0.39, 0.29) is 34.8 Å². The quantitative estimate of drug-likeness (QED) is 0.666. The van der Waals surface area contributed by atoms with E-state index in [2.05, 4.69) is 14.7 Å². The fraction of sp³-hybridized carbons (Fsp3) is 0.250. The Balaban J connectivity index is 1.91. The summed E-state index contributed by atoms with van der Waals surface area (Å²) >= 11 is 0. The number of hydrogen-bond donors (Lipinski definition) is 1. The molecule has 0 unspecified atom stereocenters. The van der Waals surface area contributed by atoms with Crippen LogP contribution in [0.1, 0.15) is 18.4 Å². The highest BCUT2D eigenvalue weighted by Crippen LogP contribution is 2.29. The van der Waals surface area contributed by atoms with E-state index >= 15 is 0 Å². The van der Waals surface area contributed by atoms with Gasteiger partial charge in [0.2, 0.25) is 10.0 Å². The van der Waals surface area contributed by atoms with Crippen molar-refractivity contribution in [1.82, 2.24) is 19.3 Å². The summed E-state index contributed by atoms with van der Waals surface area (Å²) in [4.78, 5) is 7.39. The molecule has 3 rings (SSSR count). The van der Waals surface area contributed by atoms with Gasteiger partial charge in [0.1, 0.15) is 22.9 Å². The van der Waals surface area contributed by atoms with Gasteiger partial charge in [-0.05, 0) is 37.3 Å². The molecule has 27 heavy (non-hydrogen) atoms. The van der Waals surface area contributed by atoms with Crippen molar-refractivity contribution in [3.8, 4) is 0 Å². The molecule has 0 aliphatic heterocycles. The third-order valence-electron chi connectivity index (χ3n) is 3.86. The Morgan fingerprint density at radius 2 is 1.85 bits per heavy atom. The Hall–Kier alpha value is -2.53. The molecule has 1 N–H and O–H groups in total. The number of nitrogens with one attached hydrogen (secondary N) is 1. The zero-order chi connectivity index (χ0) is 19.8. The fourth-order valence-electron chi connectivity index (χ4n) is 2.58. The fourth-order valence-corrected chi connectivity index (χ4v) is 3.56. The van der Waals surface area contributed by atoms with Crippen molar-refractivity contribution in [2.45, 2.75) is 31.1 Å². The zero-order valence-electron chi connectivity index (χ0n) is 14.0. The van der Waals surface area contributed by atoms with E-state index in [1.165, 1.54) is 4.57 Å². The minimum atomic E-state index is -4.60. The molecule has 0 saturated carbocycles. The molecular formula is C16H14F4N4O2S. The van der Waals surface area contributed by atoms with E-state index in [4.69, 9.17) is 0 Å². The van der Waals surface area contributed by atoms with Crippen LogP contribution in [0.4, 0.5) is 17.6 Å². The molecule has 0 amide bonds. The van der Waals surface area contributed by atoms with E-state index in [1.807, 2.05) is 0 Å². The molecule has 3 aromatic rings. The van der Waals surface area contributed by atoms with Gasteiger partial charge in [-0.15, -0.1) is 0 Å². The van der Waals surface area contributed by atoms with Crippen LogP contribution in [0.5, 0.6) is 0 Å². The van der Waals surface area contributed by atoms with Crippen molar-refractivity contribution in [3.63, 3.8) is 0 Å². The predicted octanol–water partition coefficient (Wildman–Crippen LogP) is 3.09. The van der Waals surface area contributed by atoms with Gasteiger partial charge in [0.25, 0.3) is 0 Å². The molecule has 0 aliphatic carbocycles. The lowest BCUT2D eigenvalue weighted by atomic mass is 10.3. The van der Waals surface area contributed by atoms with Crippen molar-refractivity contribution < 1.29 is 26.0 Å². The van der Waals surface area contributed by atoms with Gasteiger partial charge in [-0.1, -0.05) is 0 Å². The Morgan fingerprint density at radius 3 is 2.44 bits per heavy atom. The first-order valence-electron chi connectivity index (χ1n) is 7.79. The number of fused-ring (bicyclic) bond motifs is 1. The average Bonchev–Trinajstić information content (AvgIpc) is 2.96. The number of imidazole rings is 1. The highest BCUT2D eigenvalue weighted by Gasteiger charge is 2.33. The molecule has 6 nitrogen and oxygen atoms in total. The Morgan fingerprint density at radius 1 is 1.19 bits per heavy atom. The van der Waals surface area contributed by atoms with Crippen LogP contribution in [0.2, 0.25) is 0 Å². The molecular weight excluding hydrogens is 388 g/mol. The van der Waals surface area contributed by atoms with Crippen molar-refractivity contribution in [3.05, 3.63) is 53.9 Å². The number of halogens is 4. The van der Waals surface area contributed by atoms with E-state index < -0.39 is 27.7 Å². The number of hydrogen-bond acceptors (Lipinski definition) is 4. The molecule has 0 spiro atoms. The molecule has 0 atom stereocenters. The monoisotopic (exact) mass is 402 g/mol. The minimum Gasteiger partial charge on any atom is -0.327 e. The lowest BCUT2D eigenvalue weighted by Crippen LogP contribution is -2.25. The van der Waals surface area contributed by atoms with Gasteiger partial charge in [-0.2, -0.15) is 13.2 Å². The lowest BCUT2D eigenvalue weighted by molar-refractivity contribution is -0.141. The number of sulfonamides is 1. The number of pyridine rings is 1. The predicted molar refractivity (Wildman–Crippen MR) is 88.6 cm³/mol. The summed E-state index contributed by atoms with van der Waals surface area (Å²) < 4.78 is 79.9. The Bertz CT molecular complexity index is 1080. The van der Waals surface area contributed by atoms with E-state index in [1.54, 1.807) is 6.92 Å². The van der Waals surface area contributed by atoms with Gasteiger partial charge >= 0.3 is 6.18 Å². The van der Waals surface area contributed by atoms with Crippen LogP contribution in [0, 0.1) is 5.82 Å². The van der Waals surface area contributed by atoms with Crippen molar-refractivity contribution >= 4 is 21.1 Å². The molecule has 0 saturated heterocycles. The van der Waals surface area contributed by atoms with E-state index in [0.29, 0.717) is 0 Å². The SMILES string of the molecule is CCn1c(CNS(=O)(=O)c2ccc(F)cc2)nc2cnc(C(F)(F)F)cc21. The number of benzene rings is 1. The zero-order valence-corrected chi connectivity index (χ0v) is 14.8. The highest BCUT2D eigenvalue weighted by molar-refractivity contribution is 7.89. The van der Waals surface area contributed by atoms with Gasteiger partial charge in [-0.3, -0.25) is 0 Å². The summed E-state index contributed by atoms with van der Waals surface area (Å²) in [6, 6.07) is 5.13. The van der Waals surface area contributed by atoms with Gasteiger partial charge in [-0.25, -0.2) is 27.5 Å². The first kappa shape index (κ1) is 19.2. The maximum absolute atomic E-state index is 12.9. The molecule has 2 aromatic heterocycles. The van der Waals surface area contributed by atoms with Crippen LogP contribution in [0.3, 0.4) is 0 Å². The second-order valence-electron chi connectivity index (χ2n) is 5.61. The summed E-state index contributed by atoms with van der Waals surface area (Å²) in [5.41, 5.74) is -0.625. The number of aryl methyl sites for hydroxylation is 1. The molecule has 11 heteroatoms. The molecule has 144 valence electrons. The smallest absolute Gasteiger partial charge is 0.327 e. The highest BCUT2D eigenvalue weighted by atomic mass is 32.2. The van der Waals surface area contributed by atoms with Crippen LogP contribution in [0.25, 0.3) is 11.0 Å². The Labute approximate surface area is 151 Å². The van der Waals surface area contributed by atoms with Gasteiger partial charge < -0.3 is 4.57 Å². The molecule has 0 bridgehead atoms. The van der Waals surface area contributed by atoms with Crippen LogP contribution in [0.15, 0.2) is 41.4 Å². The topological polar surface area (TPSA) is 76.9 Å². The third-order valence-corrected chi connectivity index (χ3v) is 5.28. The molecule has 0 radical (unpaired) electrons. The molecule has 1 aromatic carbocycles. The summed E-state index contributed by atoms with van der Waals surface area (Å²) in [6.07, 6.45) is -3.59. The summed E-state index contributed by atoms with van der Waals surface area (Å²) in [7, 11) is -3.93. The first-order chi connectivity index (χ1) is 12.6. The summed E-state index contributed by atoms with van der Waals surface area (Å²) in [5.74, 6) is -0.339. The first-order valence-corrected chi connectivity index (χ1v) is 9.27. The number of rotatable bonds is 5. The van der Waals surface area contributed by atoms with Crippen LogP contribution >= 0.6 is 0 Å². The molecule has 0 aliphatic rings. The van der Waals surface area contributed by atoms with Crippen molar-refractivity contribution in [2.75, 3.05) is 0 Å². The number of aromatic nitrogens is 3. The Kier molecular flexibility index (Phi) is 4.91. The maximum Gasteiger partial charge on any atom is 0.433 e. The largest absolute Gasteiger partial charge is 0.433 e. The molecule has 2 heterocycles. The lowest BCUT2D eigenvalue weighted by Gasteiger charge is -2.09. The van der Waals surface area contributed by atoms with E-state index in [0.717, 1.165) is 36.5 Å². The summed E-state index contributed by atoms with van der Waals surface area (Å²) in [6.45, 7) is 1.74. The van der Waals surface area contributed by atoms with Gasteiger partial charge in [0, 0.05) is 6.54 Å². The average molecular weight is 402 g/mol. The normalized spacial score (nSPS) is 12.6. The third kappa shape index (κ3) is 3.93. The standard InChI is InChI=1S/C16H14F4N4O2S/c1-2-24-13-7-14(16(18,19)20)21-8-12(13)23-15(24)9-22-27(25,26)11-5-3-10(17)4-6-11/h3-8,22H,2,9H2,1H3. The second kappa shape index (κ2) is 6.89. The second-order valence-corrected chi connectivity index (χ2v) is 7.37. The van der Waals surface area contributed by atoms with Gasteiger partial charge in [0.15, 0.2) is 0 Å². The van der Waals surface area contributed by atoms with Crippen LogP contribution in [-0.4, -0.2) is 23.0 Å². The van der Waals surface area contributed by atoms with Crippen LogP contribution in [-0.2, 0) is 29.3 Å². The van der Waals surface area contributed by atoms with E-state index in [9.17, 15) is 26.0 Å². The van der Waals surface area contributed by atoms with Crippen LogP contribution < -0.4 is 4.72 Å². The minimum absolute atomic E-state index is 0.135. The van der Waals surface area contributed by atoms with Gasteiger partial charge in [0.05, 0.1) is 23.2 Å². The number of alkyl halides is 3. The molecule has 0 fully saturated rings. The van der Waals surface area contributed by atoms with Crippen molar-refractivity contribution in [1.29, 1.82) is 0 Å². The number of nitrogens with zero attached hydrogens (tertiary/aromatic N) is 3. The maximum atomic E-state index is 12.9.